The standard InChI is InChI=1S/C16H20N2OS/c1-3-14-9-10-15(20-14)11-18-13-7-5-12(6-8-13)16(19)17-4-2/h5-10,18H,3-4,11H2,1-2H3,(H,17,19). The van der Waals surface area contributed by atoms with E-state index in [1.54, 1.807) is 0 Å². The number of benzene rings is 1. The van der Waals surface area contributed by atoms with Crippen LogP contribution in [0.5, 0.6) is 0 Å². The summed E-state index contributed by atoms with van der Waals surface area (Å²) in [5, 5.41) is 6.17. The average molecular weight is 288 g/mol. The van der Waals surface area contributed by atoms with Crippen LogP contribution in [0.15, 0.2) is 36.4 Å². The number of carbonyl (C=O) groups excluding carboxylic acids is 1. The smallest absolute Gasteiger partial charge is 0.251 e. The van der Waals surface area contributed by atoms with Gasteiger partial charge in [-0.3, -0.25) is 4.79 Å². The zero-order chi connectivity index (χ0) is 14.4. The first-order chi connectivity index (χ1) is 9.72. The Labute approximate surface area is 124 Å². The fourth-order valence-corrected chi connectivity index (χ4v) is 2.80. The minimum atomic E-state index is -0.0232. The van der Waals surface area contributed by atoms with Crippen LogP contribution in [0, 0.1) is 0 Å². The number of amides is 1. The molecule has 0 aliphatic heterocycles. The van der Waals surface area contributed by atoms with Crippen molar-refractivity contribution >= 4 is 22.9 Å². The van der Waals surface area contributed by atoms with E-state index in [1.807, 2.05) is 42.5 Å². The van der Waals surface area contributed by atoms with E-state index >= 15 is 0 Å². The van der Waals surface area contributed by atoms with Gasteiger partial charge < -0.3 is 10.6 Å². The quantitative estimate of drug-likeness (QED) is 0.851. The molecular weight excluding hydrogens is 268 g/mol. The van der Waals surface area contributed by atoms with Gasteiger partial charge in [0.05, 0.1) is 0 Å². The van der Waals surface area contributed by atoms with Crippen LogP contribution in [0.2, 0.25) is 0 Å². The van der Waals surface area contributed by atoms with E-state index in [1.165, 1.54) is 9.75 Å². The van der Waals surface area contributed by atoms with Gasteiger partial charge in [-0.25, -0.2) is 0 Å². The number of aryl methyl sites for hydroxylation is 1. The zero-order valence-corrected chi connectivity index (χ0v) is 12.7. The molecule has 0 saturated heterocycles. The van der Waals surface area contributed by atoms with Gasteiger partial charge >= 0.3 is 0 Å². The van der Waals surface area contributed by atoms with E-state index in [4.69, 9.17) is 0 Å². The van der Waals surface area contributed by atoms with Crippen molar-refractivity contribution in [2.45, 2.75) is 26.8 Å². The molecule has 106 valence electrons. The molecule has 0 spiro atoms. The second-order valence-corrected chi connectivity index (χ2v) is 5.76. The molecule has 0 radical (unpaired) electrons. The van der Waals surface area contributed by atoms with Crippen LogP contribution in [0.25, 0.3) is 0 Å². The summed E-state index contributed by atoms with van der Waals surface area (Å²) >= 11 is 1.84. The fraction of sp³-hybridized carbons (Fsp3) is 0.312. The number of nitrogens with one attached hydrogen (secondary N) is 2. The molecule has 0 atom stereocenters. The van der Waals surface area contributed by atoms with Crippen LogP contribution >= 0.6 is 11.3 Å². The molecule has 1 amide bonds. The predicted molar refractivity (Wildman–Crippen MR) is 85.5 cm³/mol. The lowest BCUT2D eigenvalue weighted by atomic mass is 10.2. The van der Waals surface area contributed by atoms with Crippen molar-refractivity contribution in [1.82, 2.24) is 5.32 Å². The van der Waals surface area contributed by atoms with Gasteiger partial charge in [-0.2, -0.15) is 0 Å². The Morgan fingerprint density at radius 2 is 1.75 bits per heavy atom. The van der Waals surface area contributed by atoms with Crippen molar-refractivity contribution in [3.63, 3.8) is 0 Å². The number of hydrogen-bond acceptors (Lipinski definition) is 3. The van der Waals surface area contributed by atoms with Crippen molar-refractivity contribution in [3.8, 4) is 0 Å². The van der Waals surface area contributed by atoms with Crippen molar-refractivity contribution in [3.05, 3.63) is 51.7 Å². The molecule has 1 aromatic heterocycles. The highest BCUT2D eigenvalue weighted by Gasteiger charge is 2.03. The van der Waals surface area contributed by atoms with Gasteiger partial charge in [0.1, 0.15) is 0 Å². The maximum absolute atomic E-state index is 11.6. The Bertz CT molecular complexity index is 560. The third kappa shape index (κ3) is 3.84. The lowest BCUT2D eigenvalue weighted by Gasteiger charge is -2.06. The topological polar surface area (TPSA) is 41.1 Å². The number of thiophene rings is 1. The first-order valence-corrected chi connectivity index (χ1v) is 7.74. The van der Waals surface area contributed by atoms with Crippen molar-refractivity contribution < 1.29 is 4.79 Å². The van der Waals surface area contributed by atoms with Crippen LogP contribution in [-0.2, 0) is 13.0 Å². The second-order valence-electron chi connectivity index (χ2n) is 4.51. The van der Waals surface area contributed by atoms with Gasteiger partial charge in [0, 0.05) is 34.1 Å². The lowest BCUT2D eigenvalue weighted by Crippen LogP contribution is -2.22. The predicted octanol–water partition coefficient (Wildman–Crippen LogP) is 3.67. The highest BCUT2D eigenvalue weighted by atomic mass is 32.1. The number of rotatable bonds is 6. The van der Waals surface area contributed by atoms with Crippen LogP contribution in [0.1, 0.15) is 34.0 Å². The second kappa shape index (κ2) is 7.10. The SMILES string of the molecule is CCNC(=O)c1ccc(NCc2ccc(CC)s2)cc1. The van der Waals surface area contributed by atoms with Gasteiger partial charge in [-0.1, -0.05) is 6.92 Å². The number of carbonyl (C=O) groups is 1. The average Bonchev–Trinajstić information content (AvgIpc) is 2.94. The van der Waals surface area contributed by atoms with Crippen LogP contribution in [0.4, 0.5) is 5.69 Å². The maximum atomic E-state index is 11.6. The largest absolute Gasteiger partial charge is 0.380 e. The van der Waals surface area contributed by atoms with Crippen molar-refractivity contribution in [2.24, 2.45) is 0 Å². The minimum Gasteiger partial charge on any atom is -0.380 e. The molecule has 0 aliphatic rings. The van der Waals surface area contributed by atoms with E-state index in [2.05, 4.69) is 29.7 Å². The first kappa shape index (κ1) is 14.6. The number of hydrogen-bond donors (Lipinski definition) is 2. The molecule has 0 fully saturated rings. The molecule has 1 aromatic carbocycles. The third-order valence-electron chi connectivity index (χ3n) is 3.02. The van der Waals surface area contributed by atoms with Crippen LogP contribution in [-0.4, -0.2) is 12.5 Å². The van der Waals surface area contributed by atoms with Crippen LogP contribution < -0.4 is 10.6 Å². The lowest BCUT2D eigenvalue weighted by molar-refractivity contribution is 0.0956. The molecule has 0 aliphatic carbocycles. The summed E-state index contributed by atoms with van der Waals surface area (Å²) < 4.78 is 0. The van der Waals surface area contributed by atoms with E-state index in [-0.39, 0.29) is 5.91 Å². The summed E-state index contributed by atoms with van der Waals surface area (Å²) in [6, 6.07) is 11.9. The summed E-state index contributed by atoms with van der Waals surface area (Å²) in [6.07, 6.45) is 1.09. The Kier molecular flexibility index (Phi) is 5.18. The van der Waals surface area contributed by atoms with E-state index < -0.39 is 0 Å². The Balaban J connectivity index is 1.92. The molecule has 3 nitrogen and oxygen atoms in total. The highest BCUT2D eigenvalue weighted by molar-refractivity contribution is 7.12. The molecule has 0 unspecified atom stereocenters. The van der Waals surface area contributed by atoms with Gasteiger partial charge in [0.2, 0.25) is 0 Å². The fourth-order valence-electron chi connectivity index (χ4n) is 1.90. The van der Waals surface area contributed by atoms with Gasteiger partial charge in [0.25, 0.3) is 5.91 Å². The first-order valence-electron chi connectivity index (χ1n) is 6.92. The van der Waals surface area contributed by atoms with Gasteiger partial charge in [-0.15, -0.1) is 11.3 Å². The molecule has 4 heteroatoms. The Hall–Kier alpha value is -1.81. The monoisotopic (exact) mass is 288 g/mol. The van der Waals surface area contributed by atoms with E-state index in [0.29, 0.717) is 12.1 Å². The molecule has 0 saturated carbocycles. The van der Waals surface area contributed by atoms with E-state index in [9.17, 15) is 4.79 Å². The summed E-state index contributed by atoms with van der Waals surface area (Å²) in [6.45, 7) is 5.56. The minimum absolute atomic E-state index is 0.0232. The summed E-state index contributed by atoms with van der Waals surface area (Å²) in [7, 11) is 0. The van der Waals surface area contributed by atoms with Gasteiger partial charge in [-0.05, 0) is 49.7 Å². The molecule has 2 aromatic rings. The zero-order valence-electron chi connectivity index (χ0n) is 11.9. The maximum Gasteiger partial charge on any atom is 0.251 e. The number of anilines is 1. The Morgan fingerprint density at radius 3 is 2.35 bits per heavy atom. The molecule has 2 rings (SSSR count). The Morgan fingerprint density at radius 1 is 1.05 bits per heavy atom. The summed E-state index contributed by atoms with van der Waals surface area (Å²) in [5.74, 6) is -0.0232. The molecular formula is C16H20N2OS. The summed E-state index contributed by atoms with van der Waals surface area (Å²) in [5.41, 5.74) is 1.73. The van der Waals surface area contributed by atoms with Crippen molar-refractivity contribution in [1.29, 1.82) is 0 Å². The third-order valence-corrected chi connectivity index (χ3v) is 4.25. The molecule has 2 N–H and O–H groups in total. The van der Waals surface area contributed by atoms with Crippen molar-refractivity contribution in [2.75, 3.05) is 11.9 Å². The summed E-state index contributed by atoms with van der Waals surface area (Å²) in [4.78, 5) is 14.4. The van der Waals surface area contributed by atoms with E-state index in [0.717, 1.165) is 18.7 Å². The normalized spacial score (nSPS) is 10.3. The molecule has 1 heterocycles. The highest BCUT2D eigenvalue weighted by Crippen LogP contribution is 2.18. The van der Waals surface area contributed by atoms with Crippen LogP contribution in [0.3, 0.4) is 0 Å². The van der Waals surface area contributed by atoms with Gasteiger partial charge in [0.15, 0.2) is 0 Å². The molecule has 20 heavy (non-hydrogen) atoms. The molecule has 0 bridgehead atoms.